The molecule has 0 unspecified atom stereocenters. The first-order valence-corrected chi connectivity index (χ1v) is 19.9. The first-order valence-electron chi connectivity index (χ1n) is 19.9. The molecule has 1 aromatic heterocycles. The molecule has 1 aliphatic carbocycles. The minimum Gasteiger partial charge on any atom is -0.456 e. The highest BCUT2D eigenvalue weighted by atomic mass is 16.5. The third-order valence-corrected chi connectivity index (χ3v) is 12.3. The van der Waals surface area contributed by atoms with Gasteiger partial charge in [0.25, 0.3) is 0 Å². The number of rotatable bonds is 4. The topological polar surface area (TPSA) is 50.8 Å². The number of imidazole rings is 1. The van der Waals surface area contributed by atoms with Crippen LogP contribution in [-0.4, -0.2) is 9.55 Å². The average molecular weight is 752 g/mol. The van der Waals surface area contributed by atoms with E-state index in [2.05, 4.69) is 180 Å². The second-order valence-electron chi connectivity index (χ2n) is 15.4. The van der Waals surface area contributed by atoms with Crippen LogP contribution in [0.4, 0.5) is 0 Å². The molecule has 59 heavy (non-hydrogen) atoms. The second-order valence-corrected chi connectivity index (χ2v) is 15.4. The van der Waals surface area contributed by atoms with E-state index in [-0.39, 0.29) is 0 Å². The summed E-state index contributed by atoms with van der Waals surface area (Å²) in [4.78, 5) is 5.15. The number of aromatic nitrogens is 2. The molecule has 10 aromatic rings. The van der Waals surface area contributed by atoms with E-state index in [4.69, 9.17) is 9.72 Å². The van der Waals surface area contributed by atoms with Crippen molar-refractivity contribution in [1.82, 2.24) is 9.55 Å². The predicted octanol–water partition coefficient (Wildman–Crippen LogP) is 13.5. The third kappa shape index (κ3) is 4.86. The smallest absolute Gasteiger partial charge is 0.145 e. The van der Waals surface area contributed by atoms with E-state index in [1.807, 2.05) is 30.3 Å². The summed E-state index contributed by atoms with van der Waals surface area (Å²) in [6.45, 7) is 0. The Balaban J connectivity index is 1.16. The lowest BCUT2D eigenvalue weighted by Crippen LogP contribution is -2.32. The molecule has 0 radical (unpaired) electrons. The Morgan fingerprint density at radius 2 is 1.15 bits per heavy atom. The van der Waals surface area contributed by atoms with E-state index in [1.54, 1.807) is 0 Å². The largest absolute Gasteiger partial charge is 0.456 e. The number of hydrogen-bond donors (Lipinski definition) is 0. The molecule has 9 aromatic carbocycles. The highest BCUT2D eigenvalue weighted by molar-refractivity contribution is 5.95. The van der Waals surface area contributed by atoms with Gasteiger partial charge in [-0.3, -0.25) is 4.57 Å². The number of benzene rings is 9. The molecule has 0 atom stereocenters. The van der Waals surface area contributed by atoms with Gasteiger partial charge in [0, 0.05) is 27.9 Å². The molecule has 0 saturated carbocycles. The zero-order valence-electron chi connectivity index (χ0n) is 31.8. The maximum atomic E-state index is 9.66. The predicted molar refractivity (Wildman–Crippen MR) is 237 cm³/mol. The summed E-state index contributed by atoms with van der Waals surface area (Å²) in [6.07, 6.45) is 0. The molecule has 2 heterocycles. The minimum absolute atomic E-state index is 0.640. The lowest BCUT2D eigenvalue weighted by atomic mass is 9.65. The maximum absolute atomic E-state index is 9.66. The van der Waals surface area contributed by atoms with Gasteiger partial charge < -0.3 is 4.74 Å². The Morgan fingerprint density at radius 3 is 1.97 bits per heavy atom. The number of para-hydroxylation sites is 3. The summed E-state index contributed by atoms with van der Waals surface area (Å²) in [5, 5.41) is 11.7. The lowest BCUT2D eigenvalue weighted by molar-refractivity contribution is 0.438. The van der Waals surface area contributed by atoms with Crippen LogP contribution in [0.15, 0.2) is 200 Å². The van der Waals surface area contributed by atoms with Crippen molar-refractivity contribution in [2.24, 2.45) is 0 Å². The molecule has 1 spiro atoms. The van der Waals surface area contributed by atoms with Crippen LogP contribution in [0.2, 0.25) is 0 Å². The molecular formula is C55H33N3O. The Kier molecular flexibility index (Phi) is 7.17. The standard InChI is InChI=1S/C55H33N3O/c56-34-35-25-26-39-30-40(28-27-38(39)29-35)45-32-41(37-15-12-16-42(31-37)58-51-23-10-9-22-50(51)57-54(58)36-13-2-1-3-14-36)33-49-53(45)59-52-24-11-8-21-48(52)55(49)46-19-6-4-17-43(46)44-18-5-7-20-47(44)55/h1-33H. The van der Waals surface area contributed by atoms with Crippen LogP contribution in [0, 0.1) is 11.3 Å². The first-order chi connectivity index (χ1) is 29.2. The summed E-state index contributed by atoms with van der Waals surface area (Å²) in [7, 11) is 0. The molecule has 274 valence electrons. The van der Waals surface area contributed by atoms with Crippen molar-refractivity contribution in [3.05, 3.63) is 228 Å². The first kappa shape index (κ1) is 33.2. The number of hydrogen-bond acceptors (Lipinski definition) is 3. The Bertz CT molecular complexity index is 3340. The number of nitriles is 1. The van der Waals surface area contributed by atoms with E-state index < -0.39 is 5.41 Å². The van der Waals surface area contributed by atoms with Crippen LogP contribution in [0.3, 0.4) is 0 Å². The summed E-state index contributed by atoms with van der Waals surface area (Å²) >= 11 is 0. The summed E-state index contributed by atoms with van der Waals surface area (Å²) in [6, 6.07) is 73.2. The van der Waals surface area contributed by atoms with Gasteiger partial charge in [-0.05, 0) is 110 Å². The molecule has 0 bridgehead atoms. The van der Waals surface area contributed by atoms with Crippen LogP contribution in [0.25, 0.3) is 72.3 Å². The molecule has 4 heteroatoms. The van der Waals surface area contributed by atoms with Crippen molar-refractivity contribution in [2.75, 3.05) is 0 Å². The van der Waals surface area contributed by atoms with Gasteiger partial charge in [0.2, 0.25) is 0 Å². The van der Waals surface area contributed by atoms with Crippen molar-refractivity contribution < 1.29 is 4.74 Å². The summed E-state index contributed by atoms with van der Waals surface area (Å²) in [5.41, 5.74) is 15.5. The molecule has 0 amide bonds. The fourth-order valence-corrected chi connectivity index (χ4v) is 9.71. The minimum atomic E-state index is -0.640. The number of nitrogens with zero attached hydrogens (tertiary/aromatic N) is 3. The Morgan fingerprint density at radius 1 is 0.475 bits per heavy atom. The monoisotopic (exact) mass is 751 g/mol. The highest BCUT2D eigenvalue weighted by Crippen LogP contribution is 2.63. The fourth-order valence-electron chi connectivity index (χ4n) is 9.71. The molecule has 2 aliphatic rings. The van der Waals surface area contributed by atoms with Crippen molar-refractivity contribution in [1.29, 1.82) is 5.26 Å². The maximum Gasteiger partial charge on any atom is 0.145 e. The third-order valence-electron chi connectivity index (χ3n) is 12.3. The van der Waals surface area contributed by atoms with Gasteiger partial charge >= 0.3 is 0 Å². The van der Waals surface area contributed by atoms with E-state index in [9.17, 15) is 5.26 Å². The van der Waals surface area contributed by atoms with E-state index in [1.165, 1.54) is 22.3 Å². The zero-order valence-corrected chi connectivity index (χ0v) is 31.8. The van der Waals surface area contributed by atoms with Crippen molar-refractivity contribution >= 4 is 21.8 Å². The van der Waals surface area contributed by atoms with E-state index >= 15 is 0 Å². The van der Waals surface area contributed by atoms with Crippen molar-refractivity contribution in [2.45, 2.75) is 5.41 Å². The molecule has 1 aliphatic heterocycles. The van der Waals surface area contributed by atoms with Gasteiger partial charge in [-0.2, -0.15) is 5.26 Å². The van der Waals surface area contributed by atoms with Gasteiger partial charge in [0.05, 0.1) is 28.1 Å². The quantitative estimate of drug-likeness (QED) is 0.180. The molecule has 0 saturated heterocycles. The molecule has 4 nitrogen and oxygen atoms in total. The number of fused-ring (bicyclic) bond motifs is 11. The zero-order chi connectivity index (χ0) is 39.1. The van der Waals surface area contributed by atoms with Crippen LogP contribution in [-0.2, 0) is 5.41 Å². The lowest BCUT2D eigenvalue weighted by Gasteiger charge is -2.40. The van der Waals surface area contributed by atoms with Crippen LogP contribution in [0.5, 0.6) is 11.5 Å². The van der Waals surface area contributed by atoms with Gasteiger partial charge in [0.15, 0.2) is 0 Å². The van der Waals surface area contributed by atoms with Crippen molar-refractivity contribution in [3.8, 4) is 68.0 Å². The van der Waals surface area contributed by atoms with Gasteiger partial charge in [-0.1, -0.05) is 140 Å². The Hall–Kier alpha value is -8.00. The number of ether oxygens (including phenoxy) is 1. The molecular weight excluding hydrogens is 719 g/mol. The molecule has 0 fully saturated rings. The SMILES string of the molecule is N#Cc1ccc2cc(-c3cc(-c4cccc(-n5c(-c6ccccc6)nc6ccccc65)c4)cc4c3Oc3ccccc3C43c4ccccc4-c4ccccc43)ccc2c1. The Labute approximate surface area is 341 Å². The summed E-state index contributed by atoms with van der Waals surface area (Å²) in [5.74, 6) is 2.59. The fraction of sp³-hybridized carbons (Fsp3) is 0.0182. The average Bonchev–Trinajstić information content (AvgIpc) is 3.84. The van der Waals surface area contributed by atoms with E-state index in [0.717, 1.165) is 83.8 Å². The van der Waals surface area contributed by atoms with Crippen LogP contribution >= 0.6 is 0 Å². The van der Waals surface area contributed by atoms with Crippen molar-refractivity contribution in [3.63, 3.8) is 0 Å². The second kappa shape index (κ2) is 12.8. The van der Waals surface area contributed by atoms with Crippen LogP contribution in [0.1, 0.15) is 27.8 Å². The normalized spacial score (nSPS) is 13.0. The summed E-state index contributed by atoms with van der Waals surface area (Å²) < 4.78 is 9.43. The molecule has 12 rings (SSSR count). The van der Waals surface area contributed by atoms with E-state index in [0.29, 0.717) is 5.56 Å². The van der Waals surface area contributed by atoms with Gasteiger partial charge in [0.1, 0.15) is 17.3 Å². The highest BCUT2D eigenvalue weighted by Gasteiger charge is 2.51. The molecule has 0 N–H and O–H groups in total. The van der Waals surface area contributed by atoms with Gasteiger partial charge in [-0.15, -0.1) is 0 Å². The van der Waals surface area contributed by atoms with Gasteiger partial charge in [-0.25, -0.2) is 4.98 Å². The van der Waals surface area contributed by atoms with Crippen LogP contribution < -0.4 is 4.74 Å².